The van der Waals surface area contributed by atoms with Crippen molar-refractivity contribution in [1.82, 2.24) is 14.7 Å². The Morgan fingerprint density at radius 3 is 2.75 bits per heavy atom. The van der Waals surface area contributed by atoms with Gasteiger partial charge in [-0.1, -0.05) is 12.1 Å². The van der Waals surface area contributed by atoms with Crippen molar-refractivity contribution >= 4 is 0 Å². The van der Waals surface area contributed by atoms with E-state index in [1.807, 2.05) is 0 Å². The number of rotatable bonds is 6. The summed E-state index contributed by atoms with van der Waals surface area (Å²) < 4.78 is 11.3. The molecule has 3 rings (SSSR count). The number of likely N-dealkylation sites (N-methyl/N-ethyl adjacent to an activating group) is 1. The minimum absolute atomic E-state index is 0.748. The van der Waals surface area contributed by atoms with Gasteiger partial charge in [-0.25, -0.2) is 0 Å². The van der Waals surface area contributed by atoms with Crippen molar-refractivity contribution < 1.29 is 9.47 Å². The van der Waals surface area contributed by atoms with Crippen molar-refractivity contribution in [3.8, 4) is 5.75 Å². The molecule has 0 radical (unpaired) electrons. The summed E-state index contributed by atoms with van der Waals surface area (Å²) in [5.74, 6) is 0.993. The maximum atomic E-state index is 5.97. The molecule has 0 aromatic heterocycles. The van der Waals surface area contributed by atoms with Gasteiger partial charge in [0.2, 0.25) is 0 Å². The zero-order valence-corrected chi connectivity index (χ0v) is 15.0. The molecule has 0 amide bonds. The van der Waals surface area contributed by atoms with Gasteiger partial charge in [-0.15, -0.1) is 0 Å². The quantitative estimate of drug-likeness (QED) is 0.787. The first-order valence-electron chi connectivity index (χ1n) is 9.22. The van der Waals surface area contributed by atoms with E-state index in [1.165, 1.54) is 25.1 Å². The third-order valence-corrected chi connectivity index (χ3v) is 4.90. The number of ether oxygens (including phenoxy) is 2. The first kappa shape index (κ1) is 17.7. The van der Waals surface area contributed by atoms with Crippen LogP contribution in [0.25, 0.3) is 0 Å². The Balaban J connectivity index is 1.44. The van der Waals surface area contributed by atoms with Crippen LogP contribution >= 0.6 is 0 Å². The van der Waals surface area contributed by atoms with Gasteiger partial charge >= 0.3 is 0 Å². The van der Waals surface area contributed by atoms with Crippen LogP contribution in [-0.2, 0) is 11.3 Å². The Hall–Kier alpha value is -1.14. The normalized spacial score (nSPS) is 21.5. The first-order valence-corrected chi connectivity index (χ1v) is 9.22. The van der Waals surface area contributed by atoms with Crippen molar-refractivity contribution in [2.24, 2.45) is 0 Å². The van der Waals surface area contributed by atoms with E-state index < -0.39 is 0 Å². The van der Waals surface area contributed by atoms with Crippen LogP contribution in [0.2, 0.25) is 0 Å². The molecule has 2 aliphatic rings. The molecule has 24 heavy (non-hydrogen) atoms. The van der Waals surface area contributed by atoms with E-state index in [0.717, 1.165) is 64.8 Å². The lowest BCUT2D eigenvalue weighted by molar-refractivity contribution is 0.0322. The largest absolute Gasteiger partial charge is 0.492 e. The van der Waals surface area contributed by atoms with Crippen LogP contribution in [0.3, 0.4) is 0 Å². The van der Waals surface area contributed by atoms with Crippen molar-refractivity contribution in [2.45, 2.75) is 13.0 Å². The van der Waals surface area contributed by atoms with Gasteiger partial charge in [-0.2, -0.15) is 0 Å². The number of benzene rings is 1. The van der Waals surface area contributed by atoms with E-state index in [4.69, 9.17) is 9.47 Å². The molecule has 0 saturated carbocycles. The van der Waals surface area contributed by atoms with Crippen LogP contribution < -0.4 is 4.74 Å². The summed E-state index contributed by atoms with van der Waals surface area (Å²) in [5.41, 5.74) is 1.35. The van der Waals surface area contributed by atoms with Gasteiger partial charge < -0.3 is 14.4 Å². The minimum Gasteiger partial charge on any atom is -0.492 e. The van der Waals surface area contributed by atoms with E-state index in [1.54, 1.807) is 0 Å². The molecule has 0 atom stereocenters. The maximum absolute atomic E-state index is 5.97. The highest BCUT2D eigenvalue weighted by Crippen LogP contribution is 2.16. The first-order chi connectivity index (χ1) is 11.8. The molecule has 0 spiro atoms. The molecule has 0 N–H and O–H groups in total. The lowest BCUT2D eigenvalue weighted by Gasteiger charge is -2.26. The second-order valence-electron chi connectivity index (χ2n) is 6.88. The van der Waals surface area contributed by atoms with Crippen molar-refractivity contribution in [2.75, 3.05) is 72.7 Å². The average Bonchev–Trinajstić information content (AvgIpc) is 2.81. The van der Waals surface area contributed by atoms with Crippen LogP contribution in [0.1, 0.15) is 12.0 Å². The third kappa shape index (κ3) is 5.74. The summed E-state index contributed by atoms with van der Waals surface area (Å²) in [7, 11) is 2.21. The Morgan fingerprint density at radius 1 is 1.00 bits per heavy atom. The second-order valence-corrected chi connectivity index (χ2v) is 6.88. The number of hydrogen-bond acceptors (Lipinski definition) is 5. The van der Waals surface area contributed by atoms with Crippen LogP contribution in [0.5, 0.6) is 5.75 Å². The van der Waals surface area contributed by atoms with Crippen LogP contribution in [-0.4, -0.2) is 87.4 Å². The van der Waals surface area contributed by atoms with Gasteiger partial charge in [0.25, 0.3) is 0 Å². The summed E-state index contributed by atoms with van der Waals surface area (Å²) in [5, 5.41) is 0. The van der Waals surface area contributed by atoms with Crippen molar-refractivity contribution in [3.63, 3.8) is 0 Å². The number of morpholine rings is 1. The van der Waals surface area contributed by atoms with Gasteiger partial charge in [-0.3, -0.25) is 9.80 Å². The van der Waals surface area contributed by atoms with Crippen molar-refractivity contribution in [3.05, 3.63) is 29.8 Å². The Morgan fingerprint density at radius 2 is 1.88 bits per heavy atom. The highest BCUT2D eigenvalue weighted by atomic mass is 16.5. The van der Waals surface area contributed by atoms with Gasteiger partial charge in [-0.05, 0) is 44.3 Å². The third-order valence-electron chi connectivity index (χ3n) is 4.90. The van der Waals surface area contributed by atoms with Gasteiger partial charge in [0.1, 0.15) is 12.4 Å². The molecule has 5 heteroatoms. The second kappa shape index (κ2) is 9.37. The Kier molecular flexibility index (Phi) is 6.90. The molecular formula is C19H31N3O2. The Bertz CT molecular complexity index is 491. The van der Waals surface area contributed by atoms with E-state index >= 15 is 0 Å². The molecule has 0 unspecified atom stereocenters. The van der Waals surface area contributed by atoms with Crippen LogP contribution in [0, 0.1) is 0 Å². The molecule has 1 aromatic carbocycles. The predicted molar refractivity (Wildman–Crippen MR) is 96.6 cm³/mol. The predicted octanol–water partition coefficient (Wildman–Crippen LogP) is 1.54. The highest BCUT2D eigenvalue weighted by Gasteiger charge is 2.13. The monoisotopic (exact) mass is 333 g/mol. The summed E-state index contributed by atoms with van der Waals surface area (Å²) in [6, 6.07) is 8.60. The standard InChI is InChI=1S/C19H31N3O2/c1-20-6-3-7-22(9-8-20)17-18-4-2-5-19(16-18)24-15-12-21-10-13-23-14-11-21/h2,4-5,16H,3,6-15,17H2,1H3. The molecule has 5 nitrogen and oxygen atoms in total. The van der Waals surface area contributed by atoms with E-state index in [2.05, 4.69) is 46.0 Å². The summed E-state index contributed by atoms with van der Waals surface area (Å²) in [6.45, 7) is 11.2. The lowest BCUT2D eigenvalue weighted by Crippen LogP contribution is -2.38. The minimum atomic E-state index is 0.748. The lowest BCUT2D eigenvalue weighted by atomic mass is 10.2. The summed E-state index contributed by atoms with van der Waals surface area (Å²) >= 11 is 0. The van der Waals surface area contributed by atoms with E-state index in [9.17, 15) is 0 Å². The SMILES string of the molecule is CN1CCCN(Cc2cccc(OCCN3CCOCC3)c2)CC1. The zero-order valence-electron chi connectivity index (χ0n) is 15.0. The maximum Gasteiger partial charge on any atom is 0.119 e. The fourth-order valence-corrected chi connectivity index (χ4v) is 3.37. The summed E-state index contributed by atoms with van der Waals surface area (Å²) in [4.78, 5) is 7.38. The van der Waals surface area contributed by atoms with Crippen molar-refractivity contribution in [1.29, 1.82) is 0 Å². The van der Waals surface area contributed by atoms with Gasteiger partial charge in [0.05, 0.1) is 13.2 Å². The smallest absolute Gasteiger partial charge is 0.119 e. The molecule has 0 bridgehead atoms. The highest BCUT2D eigenvalue weighted by molar-refractivity contribution is 5.28. The summed E-state index contributed by atoms with van der Waals surface area (Å²) in [6.07, 6.45) is 1.26. The Labute approximate surface area is 146 Å². The molecule has 2 aliphatic heterocycles. The molecule has 134 valence electrons. The zero-order chi connectivity index (χ0) is 16.6. The molecule has 2 heterocycles. The fourth-order valence-electron chi connectivity index (χ4n) is 3.37. The molecule has 0 aliphatic carbocycles. The molecule has 2 fully saturated rings. The topological polar surface area (TPSA) is 28.2 Å². The number of hydrogen-bond donors (Lipinski definition) is 0. The number of nitrogens with zero attached hydrogens (tertiary/aromatic N) is 3. The molecular weight excluding hydrogens is 302 g/mol. The van der Waals surface area contributed by atoms with Crippen LogP contribution in [0.4, 0.5) is 0 Å². The van der Waals surface area contributed by atoms with E-state index in [0.29, 0.717) is 0 Å². The molecule has 1 aromatic rings. The van der Waals surface area contributed by atoms with E-state index in [-0.39, 0.29) is 0 Å². The fraction of sp³-hybridized carbons (Fsp3) is 0.684. The van der Waals surface area contributed by atoms with Crippen LogP contribution in [0.15, 0.2) is 24.3 Å². The molecule has 2 saturated heterocycles. The average molecular weight is 333 g/mol. The van der Waals surface area contributed by atoms with Gasteiger partial charge in [0.15, 0.2) is 0 Å². The van der Waals surface area contributed by atoms with Gasteiger partial charge in [0, 0.05) is 39.3 Å².